The third-order valence-electron chi connectivity index (χ3n) is 4.06. The monoisotopic (exact) mass is 295 g/mol. The van der Waals surface area contributed by atoms with Crippen LogP contribution in [0.1, 0.15) is 24.8 Å². The lowest BCUT2D eigenvalue weighted by molar-refractivity contribution is 0.249. The second kappa shape index (κ2) is 5.64. The van der Waals surface area contributed by atoms with Crippen molar-refractivity contribution < 1.29 is 13.2 Å². The van der Waals surface area contributed by atoms with Crippen LogP contribution in [-0.4, -0.2) is 33.1 Å². The average molecular weight is 295 g/mol. The number of hydrogen-bond donors (Lipinski definition) is 1. The zero-order valence-electron chi connectivity index (χ0n) is 11.6. The van der Waals surface area contributed by atoms with Crippen molar-refractivity contribution in [2.45, 2.75) is 25.7 Å². The van der Waals surface area contributed by atoms with Gasteiger partial charge in [0, 0.05) is 24.2 Å². The molecule has 0 radical (unpaired) electrons. The predicted molar refractivity (Wildman–Crippen MR) is 80.1 cm³/mol. The van der Waals surface area contributed by atoms with Crippen molar-refractivity contribution in [3.63, 3.8) is 0 Å². The lowest BCUT2D eigenvalue weighted by atomic mass is 10.0. The molecule has 3 rings (SSSR count). The van der Waals surface area contributed by atoms with Crippen LogP contribution in [0.15, 0.2) is 18.2 Å². The van der Waals surface area contributed by atoms with Crippen LogP contribution in [0, 0.1) is 5.92 Å². The minimum absolute atomic E-state index is 0.137. The SMILES string of the molecule is O=S1(=O)CCCC(COc2ccc3c(c2)NCCC3)C1. The Labute approximate surface area is 120 Å². The van der Waals surface area contributed by atoms with E-state index in [0.29, 0.717) is 12.4 Å². The van der Waals surface area contributed by atoms with Crippen LogP contribution in [0.5, 0.6) is 5.75 Å². The standard InChI is InChI=1S/C15H21NO3S/c17-20(18)8-2-3-12(11-20)10-19-14-6-5-13-4-1-7-16-15(13)9-14/h5-6,9,12,16H,1-4,7-8,10-11H2. The summed E-state index contributed by atoms with van der Waals surface area (Å²) in [4.78, 5) is 0. The van der Waals surface area contributed by atoms with Crippen LogP contribution in [-0.2, 0) is 16.3 Å². The molecule has 1 unspecified atom stereocenters. The average Bonchev–Trinajstić information content (AvgIpc) is 2.44. The number of benzene rings is 1. The van der Waals surface area contributed by atoms with E-state index in [0.717, 1.165) is 37.2 Å². The minimum Gasteiger partial charge on any atom is -0.493 e. The van der Waals surface area contributed by atoms with E-state index in [1.54, 1.807) is 0 Å². The first-order valence-electron chi connectivity index (χ1n) is 7.32. The smallest absolute Gasteiger partial charge is 0.150 e. The fraction of sp³-hybridized carbons (Fsp3) is 0.600. The first-order valence-corrected chi connectivity index (χ1v) is 9.14. The number of sulfone groups is 1. The van der Waals surface area contributed by atoms with Crippen LogP contribution in [0.25, 0.3) is 0 Å². The van der Waals surface area contributed by atoms with E-state index in [9.17, 15) is 8.42 Å². The van der Waals surface area contributed by atoms with Crippen molar-refractivity contribution in [1.29, 1.82) is 0 Å². The highest BCUT2D eigenvalue weighted by molar-refractivity contribution is 7.91. The Bertz CT molecular complexity index is 583. The molecule has 1 aromatic carbocycles. The van der Waals surface area contributed by atoms with Crippen LogP contribution in [0.3, 0.4) is 0 Å². The van der Waals surface area contributed by atoms with E-state index in [1.807, 2.05) is 12.1 Å². The molecule has 20 heavy (non-hydrogen) atoms. The topological polar surface area (TPSA) is 55.4 Å². The largest absolute Gasteiger partial charge is 0.493 e. The van der Waals surface area contributed by atoms with Gasteiger partial charge in [-0.15, -0.1) is 0 Å². The Morgan fingerprint density at radius 2 is 2.20 bits per heavy atom. The molecule has 1 saturated heterocycles. The summed E-state index contributed by atoms with van der Waals surface area (Å²) in [6.07, 6.45) is 4.00. The van der Waals surface area contributed by atoms with Crippen molar-refractivity contribution in [2.75, 3.05) is 30.0 Å². The van der Waals surface area contributed by atoms with Gasteiger partial charge in [0.2, 0.25) is 0 Å². The highest BCUT2D eigenvalue weighted by atomic mass is 32.2. The molecule has 1 fully saturated rings. The summed E-state index contributed by atoms with van der Waals surface area (Å²) in [6.45, 7) is 1.51. The van der Waals surface area contributed by atoms with Gasteiger partial charge >= 0.3 is 0 Å². The number of hydrogen-bond acceptors (Lipinski definition) is 4. The zero-order chi connectivity index (χ0) is 14.0. The second-order valence-corrected chi connectivity index (χ2v) is 8.01. The molecule has 0 aromatic heterocycles. The van der Waals surface area contributed by atoms with E-state index in [1.165, 1.54) is 12.0 Å². The molecule has 0 spiro atoms. The Morgan fingerprint density at radius 1 is 1.30 bits per heavy atom. The van der Waals surface area contributed by atoms with Gasteiger partial charge in [-0.1, -0.05) is 6.07 Å². The van der Waals surface area contributed by atoms with Gasteiger partial charge in [0.1, 0.15) is 5.75 Å². The molecule has 2 aliphatic rings. The van der Waals surface area contributed by atoms with Crippen molar-refractivity contribution in [3.8, 4) is 5.75 Å². The summed E-state index contributed by atoms with van der Waals surface area (Å²) in [5.41, 5.74) is 2.49. The molecule has 0 aliphatic carbocycles. The molecule has 5 heteroatoms. The maximum Gasteiger partial charge on any atom is 0.150 e. The second-order valence-electron chi connectivity index (χ2n) is 5.78. The third-order valence-corrected chi connectivity index (χ3v) is 5.95. The van der Waals surface area contributed by atoms with E-state index < -0.39 is 9.84 Å². The Kier molecular flexibility index (Phi) is 3.87. The molecule has 1 N–H and O–H groups in total. The minimum atomic E-state index is -2.84. The molecule has 2 aliphatic heterocycles. The van der Waals surface area contributed by atoms with Gasteiger partial charge in [-0.2, -0.15) is 0 Å². The molecule has 0 saturated carbocycles. The predicted octanol–water partition coefficient (Wildman–Crippen LogP) is 2.25. The van der Waals surface area contributed by atoms with Gasteiger partial charge in [0.15, 0.2) is 9.84 Å². The number of aryl methyl sites for hydroxylation is 1. The summed E-state index contributed by atoms with van der Waals surface area (Å²) in [5, 5.41) is 3.38. The molecule has 4 nitrogen and oxygen atoms in total. The van der Waals surface area contributed by atoms with Crippen molar-refractivity contribution >= 4 is 15.5 Å². The summed E-state index contributed by atoms with van der Waals surface area (Å²) in [5.74, 6) is 1.58. The highest BCUT2D eigenvalue weighted by Gasteiger charge is 2.25. The molecule has 1 aromatic rings. The summed E-state index contributed by atoms with van der Waals surface area (Å²) in [7, 11) is -2.84. The van der Waals surface area contributed by atoms with Crippen molar-refractivity contribution in [2.24, 2.45) is 5.92 Å². The van der Waals surface area contributed by atoms with Gasteiger partial charge in [0.05, 0.1) is 18.1 Å². The fourth-order valence-electron chi connectivity index (χ4n) is 2.99. The Balaban J connectivity index is 1.61. The van der Waals surface area contributed by atoms with Crippen LogP contribution in [0.4, 0.5) is 5.69 Å². The molecule has 1 atom stereocenters. The first-order chi connectivity index (χ1) is 9.62. The number of anilines is 1. The summed E-state index contributed by atoms with van der Waals surface area (Å²) < 4.78 is 29.0. The van der Waals surface area contributed by atoms with E-state index in [2.05, 4.69) is 11.4 Å². The fourth-order valence-corrected chi connectivity index (χ4v) is 4.75. The number of fused-ring (bicyclic) bond motifs is 1. The summed E-state index contributed by atoms with van der Waals surface area (Å²) in [6, 6.07) is 6.13. The lowest BCUT2D eigenvalue weighted by Gasteiger charge is -2.23. The quantitative estimate of drug-likeness (QED) is 0.929. The maximum atomic E-state index is 11.6. The zero-order valence-corrected chi connectivity index (χ0v) is 12.4. The van der Waals surface area contributed by atoms with Crippen LogP contribution in [0.2, 0.25) is 0 Å². The number of nitrogens with one attached hydrogen (secondary N) is 1. The molecular formula is C15H21NO3S. The lowest BCUT2D eigenvalue weighted by Crippen LogP contribution is -2.29. The first kappa shape index (κ1) is 13.7. The van der Waals surface area contributed by atoms with E-state index in [4.69, 9.17) is 4.74 Å². The summed E-state index contributed by atoms with van der Waals surface area (Å²) >= 11 is 0. The van der Waals surface area contributed by atoms with Gasteiger partial charge < -0.3 is 10.1 Å². The number of rotatable bonds is 3. The molecule has 2 heterocycles. The molecule has 0 amide bonds. The highest BCUT2D eigenvalue weighted by Crippen LogP contribution is 2.27. The molecule has 0 bridgehead atoms. The molecule has 110 valence electrons. The van der Waals surface area contributed by atoms with Crippen molar-refractivity contribution in [3.05, 3.63) is 23.8 Å². The van der Waals surface area contributed by atoms with E-state index >= 15 is 0 Å². The third kappa shape index (κ3) is 3.26. The van der Waals surface area contributed by atoms with Crippen LogP contribution >= 0.6 is 0 Å². The Morgan fingerprint density at radius 3 is 3.05 bits per heavy atom. The van der Waals surface area contributed by atoms with E-state index in [-0.39, 0.29) is 11.7 Å². The van der Waals surface area contributed by atoms with Gasteiger partial charge in [-0.25, -0.2) is 8.42 Å². The number of ether oxygens (including phenoxy) is 1. The van der Waals surface area contributed by atoms with Crippen LogP contribution < -0.4 is 10.1 Å². The Hall–Kier alpha value is -1.23. The van der Waals surface area contributed by atoms with Gasteiger partial charge in [-0.05, 0) is 37.3 Å². The maximum absolute atomic E-state index is 11.6. The van der Waals surface area contributed by atoms with Crippen molar-refractivity contribution in [1.82, 2.24) is 0 Å². The van der Waals surface area contributed by atoms with Gasteiger partial charge in [-0.3, -0.25) is 0 Å². The van der Waals surface area contributed by atoms with Gasteiger partial charge in [0.25, 0.3) is 0 Å². The molecular weight excluding hydrogens is 274 g/mol. The normalized spacial score (nSPS) is 24.5.